The molecule has 1 atom stereocenters. The first kappa shape index (κ1) is 28.5. The van der Waals surface area contributed by atoms with Crippen molar-refractivity contribution >= 4 is 57.9 Å². The van der Waals surface area contributed by atoms with Gasteiger partial charge in [-0.3, -0.25) is 19.4 Å². The molecule has 43 heavy (non-hydrogen) atoms. The van der Waals surface area contributed by atoms with Crippen LogP contribution in [0, 0.1) is 0 Å². The Hall–Kier alpha value is -4.60. The molecule has 2 N–H and O–H groups in total. The molecule has 2 aliphatic heterocycles. The third-order valence-electron chi connectivity index (χ3n) is 7.88. The number of thiophene rings is 1. The number of carbonyl (C=O) groups excluding carboxylic acids is 3. The van der Waals surface area contributed by atoms with Crippen molar-refractivity contribution in [3.63, 3.8) is 0 Å². The summed E-state index contributed by atoms with van der Waals surface area (Å²) in [5, 5.41) is 5.87. The standard InChI is InChI=1S/C34H33N5O3S/c1-22(40)31-13-14-32(43-31)34(42)36-26-6-3-23(4-7-26)19-24-5-12-30-28(20-24)29(33(41)37-30)21-35-25-8-10-27(11-9-25)39-17-15-38(2)16-18-39/h3-14,20-21,29H,15-19H2,1-2H3,(H,36,42)(H,37,41). The summed E-state index contributed by atoms with van der Waals surface area (Å²) in [5.41, 5.74) is 6.60. The van der Waals surface area contributed by atoms with E-state index in [-0.39, 0.29) is 17.6 Å². The number of anilines is 3. The van der Waals surface area contributed by atoms with Gasteiger partial charge in [-0.15, -0.1) is 11.3 Å². The number of aliphatic imine (C=N–C) groups is 1. The maximum Gasteiger partial charge on any atom is 0.265 e. The molecule has 6 rings (SSSR count). The third kappa shape index (κ3) is 6.58. The average molecular weight is 592 g/mol. The fourth-order valence-electron chi connectivity index (χ4n) is 5.35. The van der Waals surface area contributed by atoms with Crippen LogP contribution in [0.25, 0.3) is 0 Å². The molecule has 1 saturated heterocycles. The number of nitrogens with one attached hydrogen (secondary N) is 2. The Balaban J connectivity index is 1.09. The zero-order valence-corrected chi connectivity index (χ0v) is 25.0. The number of rotatable bonds is 8. The molecule has 9 heteroatoms. The minimum absolute atomic E-state index is 0.0508. The smallest absolute Gasteiger partial charge is 0.265 e. The molecule has 3 heterocycles. The van der Waals surface area contributed by atoms with E-state index in [0.29, 0.717) is 21.9 Å². The molecular weight excluding hydrogens is 558 g/mol. The Labute approximate surface area is 255 Å². The summed E-state index contributed by atoms with van der Waals surface area (Å²) < 4.78 is 0. The lowest BCUT2D eigenvalue weighted by molar-refractivity contribution is -0.115. The van der Waals surface area contributed by atoms with E-state index in [2.05, 4.69) is 50.7 Å². The van der Waals surface area contributed by atoms with Crippen LogP contribution < -0.4 is 15.5 Å². The molecule has 0 aliphatic carbocycles. The van der Waals surface area contributed by atoms with E-state index in [9.17, 15) is 14.4 Å². The molecule has 0 saturated carbocycles. The number of likely N-dealkylation sites (N-methyl/N-ethyl adjacent to an activating group) is 1. The highest BCUT2D eigenvalue weighted by atomic mass is 32.1. The number of ketones is 1. The molecule has 8 nitrogen and oxygen atoms in total. The molecule has 1 aromatic heterocycles. The molecule has 0 bridgehead atoms. The van der Waals surface area contributed by atoms with Gasteiger partial charge < -0.3 is 20.4 Å². The number of carbonyl (C=O) groups is 3. The van der Waals surface area contributed by atoms with Gasteiger partial charge in [-0.25, -0.2) is 0 Å². The van der Waals surface area contributed by atoms with Crippen molar-refractivity contribution < 1.29 is 14.4 Å². The fourth-order valence-corrected chi connectivity index (χ4v) is 6.15. The van der Waals surface area contributed by atoms with Crippen LogP contribution >= 0.6 is 11.3 Å². The van der Waals surface area contributed by atoms with E-state index in [1.165, 1.54) is 23.9 Å². The predicted molar refractivity (Wildman–Crippen MR) is 174 cm³/mol. The topological polar surface area (TPSA) is 94.1 Å². The minimum Gasteiger partial charge on any atom is -0.369 e. The fraction of sp³-hybridized carbons (Fsp3) is 0.235. The first-order valence-electron chi connectivity index (χ1n) is 14.3. The van der Waals surface area contributed by atoms with E-state index in [1.54, 1.807) is 18.3 Å². The van der Waals surface area contributed by atoms with Crippen LogP contribution in [0.4, 0.5) is 22.7 Å². The number of hydrogen-bond donors (Lipinski definition) is 2. The van der Waals surface area contributed by atoms with Gasteiger partial charge in [0.15, 0.2) is 5.78 Å². The SMILES string of the molecule is CC(=O)c1ccc(C(=O)Nc2ccc(Cc3ccc4c(c3)C(C=Nc3ccc(N5CCN(C)CC5)cc3)C(=O)N4)cc2)s1. The highest BCUT2D eigenvalue weighted by Crippen LogP contribution is 2.33. The lowest BCUT2D eigenvalue weighted by atomic mass is 9.96. The van der Waals surface area contributed by atoms with Crippen LogP contribution in [-0.4, -0.2) is 61.9 Å². The van der Waals surface area contributed by atoms with Crippen LogP contribution in [0.15, 0.2) is 83.9 Å². The average Bonchev–Trinajstić information content (AvgIpc) is 3.63. The summed E-state index contributed by atoms with van der Waals surface area (Å²) in [6.07, 6.45) is 2.42. The summed E-state index contributed by atoms with van der Waals surface area (Å²) >= 11 is 1.19. The molecule has 0 spiro atoms. The summed E-state index contributed by atoms with van der Waals surface area (Å²) in [7, 11) is 2.15. The van der Waals surface area contributed by atoms with Crippen LogP contribution in [0.1, 0.15) is 48.9 Å². The monoisotopic (exact) mass is 591 g/mol. The Morgan fingerprint density at radius 1 is 0.930 bits per heavy atom. The molecule has 1 unspecified atom stereocenters. The highest BCUT2D eigenvalue weighted by Gasteiger charge is 2.29. The molecule has 0 radical (unpaired) electrons. The van der Waals surface area contributed by atoms with Gasteiger partial charge in [0, 0.05) is 49.5 Å². The summed E-state index contributed by atoms with van der Waals surface area (Å²) in [6.45, 7) is 5.63. The molecule has 4 aromatic rings. The number of piperazine rings is 1. The van der Waals surface area contributed by atoms with E-state index >= 15 is 0 Å². The van der Waals surface area contributed by atoms with Gasteiger partial charge in [-0.2, -0.15) is 0 Å². The lowest BCUT2D eigenvalue weighted by Crippen LogP contribution is -2.44. The Kier molecular flexibility index (Phi) is 8.18. The van der Waals surface area contributed by atoms with Crippen LogP contribution in [0.5, 0.6) is 0 Å². The van der Waals surface area contributed by atoms with Crippen molar-refractivity contribution in [1.29, 1.82) is 0 Å². The minimum atomic E-state index is -0.453. The summed E-state index contributed by atoms with van der Waals surface area (Å²) in [4.78, 5) is 47.3. The number of Topliss-reactive ketones (excluding diaryl/α,β-unsaturated/α-hetero) is 1. The second kappa shape index (κ2) is 12.3. The zero-order chi connectivity index (χ0) is 29.9. The second-order valence-corrected chi connectivity index (χ2v) is 12.1. The van der Waals surface area contributed by atoms with Crippen molar-refractivity contribution in [2.75, 3.05) is 48.8 Å². The van der Waals surface area contributed by atoms with Gasteiger partial charge in [0.05, 0.1) is 15.4 Å². The highest BCUT2D eigenvalue weighted by molar-refractivity contribution is 7.16. The van der Waals surface area contributed by atoms with Crippen molar-refractivity contribution in [3.8, 4) is 0 Å². The van der Waals surface area contributed by atoms with Gasteiger partial charge in [0.2, 0.25) is 5.91 Å². The first-order chi connectivity index (χ1) is 20.8. The van der Waals surface area contributed by atoms with Crippen molar-refractivity contribution in [1.82, 2.24) is 4.90 Å². The molecule has 3 aromatic carbocycles. The Morgan fingerprint density at radius 2 is 1.63 bits per heavy atom. The predicted octanol–water partition coefficient (Wildman–Crippen LogP) is 5.98. The Morgan fingerprint density at radius 3 is 2.33 bits per heavy atom. The molecule has 218 valence electrons. The molecule has 1 fully saturated rings. The van der Waals surface area contributed by atoms with Gasteiger partial charge in [-0.1, -0.05) is 24.3 Å². The molecule has 2 aliphatic rings. The van der Waals surface area contributed by atoms with Crippen molar-refractivity contribution in [2.45, 2.75) is 19.3 Å². The normalized spacial score (nSPS) is 16.7. The zero-order valence-electron chi connectivity index (χ0n) is 24.2. The van der Waals surface area contributed by atoms with Crippen LogP contribution in [0.2, 0.25) is 0 Å². The number of benzene rings is 3. The van der Waals surface area contributed by atoms with E-state index in [0.717, 1.165) is 54.2 Å². The quantitative estimate of drug-likeness (QED) is 0.194. The van der Waals surface area contributed by atoms with E-state index in [1.807, 2.05) is 48.5 Å². The van der Waals surface area contributed by atoms with Crippen molar-refractivity contribution in [3.05, 3.63) is 105 Å². The van der Waals surface area contributed by atoms with Crippen LogP contribution in [0.3, 0.4) is 0 Å². The van der Waals surface area contributed by atoms with Crippen molar-refractivity contribution in [2.24, 2.45) is 4.99 Å². The van der Waals surface area contributed by atoms with E-state index < -0.39 is 5.92 Å². The second-order valence-electron chi connectivity index (χ2n) is 11.0. The number of amides is 2. The van der Waals surface area contributed by atoms with Gasteiger partial charge in [0.1, 0.15) is 5.92 Å². The number of nitrogens with zero attached hydrogens (tertiary/aromatic N) is 3. The Bertz CT molecular complexity index is 1690. The maximum atomic E-state index is 12.8. The maximum absolute atomic E-state index is 12.8. The largest absolute Gasteiger partial charge is 0.369 e. The van der Waals surface area contributed by atoms with E-state index in [4.69, 9.17) is 0 Å². The summed E-state index contributed by atoms with van der Waals surface area (Å²) in [6, 6.07) is 25.3. The number of fused-ring (bicyclic) bond motifs is 1. The van der Waals surface area contributed by atoms with Gasteiger partial charge >= 0.3 is 0 Å². The van der Waals surface area contributed by atoms with Gasteiger partial charge in [-0.05, 0) is 91.7 Å². The molecule has 2 amide bonds. The first-order valence-corrected chi connectivity index (χ1v) is 15.2. The lowest BCUT2D eigenvalue weighted by Gasteiger charge is -2.34. The van der Waals surface area contributed by atoms with Crippen LogP contribution in [-0.2, 0) is 11.2 Å². The summed E-state index contributed by atoms with van der Waals surface area (Å²) in [5.74, 6) is -0.818. The van der Waals surface area contributed by atoms with Gasteiger partial charge in [0.25, 0.3) is 5.91 Å². The third-order valence-corrected chi connectivity index (χ3v) is 9.06. The number of hydrogen-bond acceptors (Lipinski definition) is 7. The molecular formula is C34H33N5O3S.